The molecule has 8 heteroatoms. The van der Waals surface area contributed by atoms with Gasteiger partial charge in [-0.2, -0.15) is 0 Å². The largest absolute Gasteiger partial charge is 0.481 e. The van der Waals surface area contributed by atoms with E-state index in [-0.39, 0.29) is 5.75 Å². The van der Waals surface area contributed by atoms with Crippen molar-refractivity contribution < 1.29 is 9.90 Å². The number of aromatic nitrogens is 3. The molecule has 2 aromatic heterocycles. The second kappa shape index (κ2) is 6.53. The summed E-state index contributed by atoms with van der Waals surface area (Å²) in [7, 11) is 0. The Morgan fingerprint density at radius 3 is 2.89 bits per heavy atom. The minimum Gasteiger partial charge on any atom is -0.481 e. The molecule has 0 saturated heterocycles. The molecule has 0 aromatic carbocycles. The first-order valence-electron chi connectivity index (χ1n) is 5.65. The van der Waals surface area contributed by atoms with Crippen LogP contribution in [0.5, 0.6) is 0 Å². The van der Waals surface area contributed by atoms with Gasteiger partial charge in [-0.1, -0.05) is 18.7 Å². The first-order valence-corrected chi connectivity index (χ1v) is 8.24. The van der Waals surface area contributed by atoms with E-state index >= 15 is 0 Å². The molecule has 0 aliphatic rings. The summed E-state index contributed by atoms with van der Waals surface area (Å²) >= 11 is 6.21. The number of thioether (sulfide) groups is 1. The van der Waals surface area contributed by atoms with Gasteiger partial charge >= 0.3 is 5.97 Å². The van der Waals surface area contributed by atoms with Gasteiger partial charge in [0.15, 0.2) is 11.0 Å². The van der Waals surface area contributed by atoms with Crippen molar-refractivity contribution in [3.05, 3.63) is 15.9 Å². The number of thiophene rings is 1. The van der Waals surface area contributed by atoms with E-state index in [1.165, 1.54) is 11.8 Å². The molecule has 0 spiro atoms. The summed E-state index contributed by atoms with van der Waals surface area (Å²) in [5, 5.41) is 17.7. The molecule has 0 saturated carbocycles. The van der Waals surface area contributed by atoms with Crippen LogP contribution in [0.15, 0.2) is 21.1 Å². The highest BCUT2D eigenvalue weighted by atomic mass is 79.9. The second-order valence-corrected chi connectivity index (χ2v) is 7.15. The predicted molar refractivity (Wildman–Crippen MR) is 79.7 cm³/mol. The maximum atomic E-state index is 10.6. The van der Waals surface area contributed by atoms with Gasteiger partial charge in [0, 0.05) is 6.54 Å². The fourth-order valence-electron chi connectivity index (χ4n) is 1.56. The minimum absolute atomic E-state index is 0.00399. The van der Waals surface area contributed by atoms with E-state index in [2.05, 4.69) is 33.1 Å². The summed E-state index contributed by atoms with van der Waals surface area (Å²) in [4.78, 5) is 11.7. The zero-order chi connectivity index (χ0) is 13.8. The zero-order valence-corrected chi connectivity index (χ0v) is 13.4. The van der Waals surface area contributed by atoms with Gasteiger partial charge in [-0.05, 0) is 34.5 Å². The Morgan fingerprint density at radius 2 is 2.32 bits per heavy atom. The number of halogens is 1. The van der Waals surface area contributed by atoms with Crippen LogP contribution in [0.3, 0.4) is 0 Å². The van der Waals surface area contributed by atoms with Crippen LogP contribution in [0.1, 0.15) is 13.3 Å². The van der Waals surface area contributed by atoms with Crippen molar-refractivity contribution in [2.45, 2.75) is 25.0 Å². The molecule has 0 bridgehead atoms. The third kappa shape index (κ3) is 3.58. The number of hydrogen-bond acceptors (Lipinski definition) is 5. The van der Waals surface area contributed by atoms with Crippen molar-refractivity contribution in [3.8, 4) is 10.7 Å². The Labute approximate surface area is 127 Å². The Balaban J connectivity index is 2.31. The third-order valence-corrected chi connectivity index (χ3v) is 4.85. The number of hydrogen-bond donors (Lipinski definition) is 1. The molecule has 0 unspecified atom stereocenters. The van der Waals surface area contributed by atoms with E-state index in [4.69, 9.17) is 5.11 Å². The number of carbonyl (C=O) groups is 1. The topological polar surface area (TPSA) is 68.0 Å². The molecule has 0 radical (unpaired) electrons. The molecule has 2 aromatic rings. The van der Waals surface area contributed by atoms with Crippen molar-refractivity contribution in [2.24, 2.45) is 0 Å². The molecule has 0 atom stereocenters. The number of rotatable bonds is 6. The molecule has 0 aliphatic carbocycles. The standard InChI is InChI=1S/C11H12BrN3O2S2/c1-2-5-15-10(7-3-4-8(12)19-7)13-14-11(15)18-6-9(16)17/h3-4H,2,5-6H2,1H3,(H,16,17). The SMILES string of the molecule is CCCn1c(SCC(=O)O)nnc1-c1ccc(Br)s1. The molecular weight excluding hydrogens is 350 g/mol. The average Bonchev–Trinajstić information content (AvgIpc) is 2.94. The number of carboxylic acids is 1. The summed E-state index contributed by atoms with van der Waals surface area (Å²) in [6.45, 7) is 2.85. The van der Waals surface area contributed by atoms with Crippen LogP contribution in [0.4, 0.5) is 0 Å². The minimum atomic E-state index is -0.850. The summed E-state index contributed by atoms with van der Waals surface area (Å²) < 4.78 is 3.01. The summed E-state index contributed by atoms with van der Waals surface area (Å²) in [5.41, 5.74) is 0. The van der Waals surface area contributed by atoms with Crippen LogP contribution in [-0.2, 0) is 11.3 Å². The molecule has 5 nitrogen and oxygen atoms in total. The van der Waals surface area contributed by atoms with Gasteiger partial charge < -0.3 is 9.67 Å². The fraction of sp³-hybridized carbons (Fsp3) is 0.364. The lowest BCUT2D eigenvalue weighted by atomic mass is 10.4. The lowest BCUT2D eigenvalue weighted by molar-refractivity contribution is -0.133. The van der Waals surface area contributed by atoms with Crippen molar-refractivity contribution in [2.75, 3.05) is 5.75 Å². The van der Waals surface area contributed by atoms with Crippen LogP contribution in [0.25, 0.3) is 10.7 Å². The van der Waals surface area contributed by atoms with Gasteiger partial charge in [-0.3, -0.25) is 4.79 Å². The van der Waals surface area contributed by atoms with Gasteiger partial charge in [0.2, 0.25) is 0 Å². The van der Waals surface area contributed by atoms with Gasteiger partial charge in [0.05, 0.1) is 14.4 Å². The maximum Gasteiger partial charge on any atom is 0.313 e. The number of aliphatic carboxylic acids is 1. The second-order valence-electron chi connectivity index (χ2n) is 3.74. The number of nitrogens with zero attached hydrogens (tertiary/aromatic N) is 3. The molecule has 2 rings (SSSR count). The van der Waals surface area contributed by atoms with Crippen molar-refractivity contribution >= 4 is 45.0 Å². The van der Waals surface area contributed by atoms with Gasteiger partial charge in [-0.25, -0.2) is 0 Å². The van der Waals surface area contributed by atoms with Gasteiger partial charge in [0.25, 0.3) is 0 Å². The third-order valence-electron chi connectivity index (χ3n) is 2.28. The van der Waals surface area contributed by atoms with Crippen LogP contribution < -0.4 is 0 Å². The summed E-state index contributed by atoms with van der Waals surface area (Å²) in [6.07, 6.45) is 0.943. The van der Waals surface area contributed by atoms with E-state index in [1.807, 2.05) is 16.7 Å². The zero-order valence-electron chi connectivity index (χ0n) is 10.2. The van der Waals surface area contributed by atoms with Crippen molar-refractivity contribution in [1.82, 2.24) is 14.8 Å². The highest BCUT2D eigenvalue weighted by Gasteiger charge is 2.16. The highest BCUT2D eigenvalue weighted by molar-refractivity contribution is 9.11. The average molecular weight is 362 g/mol. The Bertz CT molecular complexity index is 582. The van der Waals surface area contributed by atoms with Crippen molar-refractivity contribution in [1.29, 1.82) is 0 Å². The van der Waals surface area contributed by atoms with E-state index in [0.29, 0.717) is 5.16 Å². The molecule has 0 fully saturated rings. The molecular formula is C11H12BrN3O2S2. The van der Waals surface area contributed by atoms with Crippen LogP contribution in [0.2, 0.25) is 0 Å². The quantitative estimate of drug-likeness (QED) is 0.798. The number of carboxylic acid groups (broad SMARTS) is 1. The molecule has 102 valence electrons. The lowest BCUT2D eigenvalue weighted by Crippen LogP contribution is -2.04. The first kappa shape index (κ1) is 14.5. The van der Waals surface area contributed by atoms with Gasteiger partial charge in [0.1, 0.15) is 0 Å². The Kier molecular flexibility index (Phi) is 5.00. The molecule has 0 aliphatic heterocycles. The molecule has 0 amide bonds. The lowest BCUT2D eigenvalue weighted by Gasteiger charge is -2.06. The predicted octanol–water partition coefficient (Wildman–Crippen LogP) is 3.36. The fourth-order valence-corrected chi connectivity index (χ4v) is 3.63. The highest BCUT2D eigenvalue weighted by Crippen LogP contribution is 2.32. The van der Waals surface area contributed by atoms with Gasteiger partial charge in [-0.15, -0.1) is 21.5 Å². The van der Waals surface area contributed by atoms with Crippen LogP contribution in [0, 0.1) is 0 Å². The molecule has 19 heavy (non-hydrogen) atoms. The Hall–Kier alpha value is -0.860. The normalized spacial score (nSPS) is 10.8. The smallest absolute Gasteiger partial charge is 0.313 e. The van der Waals surface area contributed by atoms with Crippen LogP contribution in [-0.4, -0.2) is 31.6 Å². The summed E-state index contributed by atoms with van der Waals surface area (Å²) in [6, 6.07) is 3.95. The maximum absolute atomic E-state index is 10.6. The molecule has 1 N–H and O–H groups in total. The van der Waals surface area contributed by atoms with E-state index < -0.39 is 5.97 Å². The van der Waals surface area contributed by atoms with E-state index in [0.717, 1.165) is 27.5 Å². The van der Waals surface area contributed by atoms with E-state index in [1.54, 1.807) is 11.3 Å². The Morgan fingerprint density at radius 1 is 1.53 bits per heavy atom. The van der Waals surface area contributed by atoms with Crippen LogP contribution >= 0.6 is 39.0 Å². The monoisotopic (exact) mass is 361 g/mol. The van der Waals surface area contributed by atoms with E-state index in [9.17, 15) is 4.79 Å². The first-order chi connectivity index (χ1) is 9.11. The van der Waals surface area contributed by atoms with Crippen molar-refractivity contribution in [3.63, 3.8) is 0 Å². The summed E-state index contributed by atoms with van der Waals surface area (Å²) in [5.74, 6) is -0.0578. The molecule has 2 heterocycles.